The van der Waals surface area contributed by atoms with Crippen molar-refractivity contribution >= 4 is 11.8 Å². The number of H-pyrrole nitrogens is 1. The van der Waals surface area contributed by atoms with Gasteiger partial charge in [0.15, 0.2) is 0 Å². The minimum atomic E-state index is 0.318. The smallest absolute Gasteiger partial charge is 0.227 e. The lowest BCUT2D eigenvalue weighted by Crippen LogP contribution is -2.43. The molecule has 2 N–H and O–H groups in total. The zero-order valence-electron chi connectivity index (χ0n) is 17.6. The lowest BCUT2D eigenvalue weighted by Gasteiger charge is -2.35. The van der Waals surface area contributed by atoms with E-state index in [0.717, 1.165) is 62.2 Å². The van der Waals surface area contributed by atoms with Crippen LogP contribution in [0.15, 0.2) is 6.07 Å². The monoisotopic (exact) mass is 383 g/mol. The van der Waals surface area contributed by atoms with E-state index >= 15 is 0 Å². The Morgan fingerprint density at radius 1 is 1.04 bits per heavy atom. The van der Waals surface area contributed by atoms with Crippen LogP contribution in [0.5, 0.6) is 0 Å². The van der Waals surface area contributed by atoms with Crippen LogP contribution in [-0.2, 0) is 0 Å². The fraction of sp³-hybridized carbons (Fsp3) is 0.667. The third kappa shape index (κ3) is 3.99. The largest absolute Gasteiger partial charge is 0.356 e. The average Bonchev–Trinajstić information content (AvgIpc) is 3.32. The van der Waals surface area contributed by atoms with Gasteiger partial charge in [0.1, 0.15) is 5.82 Å². The Morgan fingerprint density at radius 2 is 1.75 bits per heavy atom. The zero-order chi connectivity index (χ0) is 19.7. The second-order valence-electron chi connectivity index (χ2n) is 8.36. The zero-order valence-corrected chi connectivity index (χ0v) is 17.6. The molecule has 0 saturated carbocycles. The van der Waals surface area contributed by atoms with Gasteiger partial charge in [0, 0.05) is 61.3 Å². The topological polar surface area (TPSA) is 73.0 Å². The van der Waals surface area contributed by atoms with Gasteiger partial charge in [0.05, 0.1) is 5.69 Å². The van der Waals surface area contributed by atoms with E-state index in [9.17, 15) is 0 Å². The van der Waals surface area contributed by atoms with E-state index in [1.807, 2.05) is 0 Å². The van der Waals surface area contributed by atoms with Crippen molar-refractivity contribution in [2.45, 2.75) is 65.5 Å². The van der Waals surface area contributed by atoms with Gasteiger partial charge in [-0.1, -0.05) is 0 Å². The van der Waals surface area contributed by atoms with Crippen molar-refractivity contribution < 1.29 is 0 Å². The van der Waals surface area contributed by atoms with Crippen LogP contribution in [0.25, 0.3) is 0 Å². The Hall–Kier alpha value is -2.15. The molecule has 0 amide bonds. The van der Waals surface area contributed by atoms with Crippen LogP contribution < -0.4 is 15.1 Å². The van der Waals surface area contributed by atoms with Crippen molar-refractivity contribution in [1.82, 2.24) is 25.5 Å². The number of aromatic amines is 1. The first-order chi connectivity index (χ1) is 13.5. The first-order valence-electron chi connectivity index (χ1n) is 10.6. The summed E-state index contributed by atoms with van der Waals surface area (Å²) in [5.41, 5.74) is 4.64. The molecule has 4 rings (SSSR count). The summed E-state index contributed by atoms with van der Waals surface area (Å²) in [4.78, 5) is 14.3. The average molecular weight is 384 g/mol. The lowest BCUT2D eigenvalue weighted by atomic mass is 10.0. The predicted octanol–water partition coefficient (Wildman–Crippen LogP) is 3.04. The van der Waals surface area contributed by atoms with Gasteiger partial charge in [-0.15, -0.1) is 0 Å². The molecule has 4 heterocycles. The normalized spacial score (nSPS) is 19.4. The maximum absolute atomic E-state index is 4.90. The molecule has 2 aromatic rings. The molecular formula is C21H33N7. The molecule has 2 saturated heterocycles. The maximum atomic E-state index is 4.90. The molecule has 0 radical (unpaired) electrons. The van der Waals surface area contributed by atoms with Crippen molar-refractivity contribution in [2.75, 3.05) is 36.0 Å². The molecule has 28 heavy (non-hydrogen) atoms. The van der Waals surface area contributed by atoms with Gasteiger partial charge in [0.2, 0.25) is 5.95 Å². The highest BCUT2D eigenvalue weighted by atomic mass is 15.3. The Labute approximate surface area is 167 Å². The molecule has 2 fully saturated rings. The molecule has 152 valence electrons. The van der Waals surface area contributed by atoms with Gasteiger partial charge < -0.3 is 15.1 Å². The van der Waals surface area contributed by atoms with Crippen LogP contribution in [0.4, 0.5) is 11.8 Å². The number of aromatic nitrogens is 4. The van der Waals surface area contributed by atoms with Crippen molar-refractivity contribution in [3.8, 4) is 0 Å². The summed E-state index contributed by atoms with van der Waals surface area (Å²) >= 11 is 0. The molecule has 2 aromatic heterocycles. The molecule has 7 heteroatoms. The van der Waals surface area contributed by atoms with Crippen molar-refractivity contribution in [3.05, 3.63) is 28.7 Å². The second-order valence-corrected chi connectivity index (χ2v) is 8.36. The van der Waals surface area contributed by atoms with E-state index in [1.165, 1.54) is 24.1 Å². The van der Waals surface area contributed by atoms with E-state index in [2.05, 4.69) is 64.1 Å². The van der Waals surface area contributed by atoms with Crippen molar-refractivity contribution in [2.24, 2.45) is 0 Å². The Bertz CT molecular complexity index is 782. The van der Waals surface area contributed by atoms with Crippen molar-refractivity contribution in [3.63, 3.8) is 0 Å². The number of nitrogens with zero attached hydrogens (tertiary/aromatic N) is 5. The summed E-state index contributed by atoms with van der Waals surface area (Å²) in [5.74, 6) is 2.00. The molecule has 2 aliphatic heterocycles. The number of aryl methyl sites for hydroxylation is 3. The Balaban J connectivity index is 1.38. The maximum Gasteiger partial charge on any atom is 0.227 e. The Morgan fingerprint density at radius 3 is 2.39 bits per heavy atom. The SMILES string of the molecule is Cc1cc(N2CCC(N[C@@H](C)c3c(C)n[nH]c3C)CC2)nc(N2CCCC2)n1. The van der Waals surface area contributed by atoms with E-state index in [-0.39, 0.29) is 0 Å². The summed E-state index contributed by atoms with van der Waals surface area (Å²) in [5, 5.41) is 11.3. The number of rotatable bonds is 5. The molecule has 7 nitrogen and oxygen atoms in total. The molecule has 1 atom stereocenters. The second kappa shape index (κ2) is 8.07. The number of hydrogen-bond acceptors (Lipinski definition) is 6. The third-order valence-electron chi connectivity index (χ3n) is 6.14. The minimum absolute atomic E-state index is 0.318. The third-order valence-corrected chi connectivity index (χ3v) is 6.14. The number of nitrogens with one attached hydrogen (secondary N) is 2. The van der Waals surface area contributed by atoms with Gasteiger partial charge in [-0.2, -0.15) is 10.1 Å². The fourth-order valence-electron chi connectivity index (χ4n) is 4.67. The van der Waals surface area contributed by atoms with Crippen LogP contribution in [-0.4, -0.2) is 52.4 Å². The van der Waals surface area contributed by atoms with Crippen LogP contribution in [0.3, 0.4) is 0 Å². The summed E-state index contributed by atoms with van der Waals surface area (Å²) in [7, 11) is 0. The van der Waals surface area contributed by atoms with Crippen molar-refractivity contribution in [1.29, 1.82) is 0 Å². The highest BCUT2D eigenvalue weighted by Gasteiger charge is 2.25. The molecule has 2 aliphatic rings. The van der Waals surface area contributed by atoms with Gasteiger partial charge in [-0.25, -0.2) is 4.98 Å². The first kappa shape index (κ1) is 19.2. The minimum Gasteiger partial charge on any atom is -0.356 e. The van der Waals surface area contributed by atoms with E-state index in [4.69, 9.17) is 4.98 Å². The lowest BCUT2D eigenvalue weighted by molar-refractivity contribution is 0.379. The number of anilines is 2. The summed E-state index contributed by atoms with van der Waals surface area (Å²) in [6, 6.07) is 2.98. The van der Waals surface area contributed by atoms with E-state index in [0.29, 0.717) is 12.1 Å². The highest BCUT2D eigenvalue weighted by molar-refractivity contribution is 5.46. The molecule has 0 bridgehead atoms. The Kier molecular flexibility index (Phi) is 5.53. The first-order valence-corrected chi connectivity index (χ1v) is 10.6. The standard InChI is InChI=1S/C21H33N7/c1-14-13-19(24-21(22-14)28-9-5-6-10-28)27-11-7-18(8-12-27)23-15(2)20-16(3)25-26-17(20)4/h13,15,18,23H,5-12H2,1-4H3,(H,25,26)/t15-/m0/s1. The predicted molar refractivity (Wildman–Crippen MR) is 113 cm³/mol. The summed E-state index contributed by atoms with van der Waals surface area (Å²) < 4.78 is 0. The highest BCUT2D eigenvalue weighted by Crippen LogP contribution is 2.25. The quantitative estimate of drug-likeness (QED) is 0.827. The van der Waals surface area contributed by atoms with Crippen LogP contribution in [0, 0.1) is 20.8 Å². The summed E-state index contributed by atoms with van der Waals surface area (Å²) in [6.45, 7) is 12.7. The van der Waals surface area contributed by atoms with Crippen LogP contribution >= 0.6 is 0 Å². The van der Waals surface area contributed by atoms with Gasteiger partial charge in [-0.05, 0) is 53.4 Å². The summed E-state index contributed by atoms with van der Waals surface area (Å²) in [6.07, 6.45) is 4.75. The van der Waals surface area contributed by atoms with Crippen LogP contribution in [0.2, 0.25) is 0 Å². The fourth-order valence-corrected chi connectivity index (χ4v) is 4.67. The number of hydrogen-bond donors (Lipinski definition) is 2. The number of piperidine rings is 1. The van der Waals surface area contributed by atoms with E-state index in [1.54, 1.807) is 0 Å². The molecular weight excluding hydrogens is 350 g/mol. The molecule has 0 aliphatic carbocycles. The van der Waals surface area contributed by atoms with Gasteiger partial charge >= 0.3 is 0 Å². The van der Waals surface area contributed by atoms with Crippen LogP contribution in [0.1, 0.15) is 61.3 Å². The van der Waals surface area contributed by atoms with Gasteiger partial charge in [-0.3, -0.25) is 5.10 Å². The molecule has 0 unspecified atom stereocenters. The van der Waals surface area contributed by atoms with E-state index < -0.39 is 0 Å². The molecule has 0 spiro atoms. The molecule has 0 aromatic carbocycles. The van der Waals surface area contributed by atoms with Gasteiger partial charge in [0.25, 0.3) is 0 Å².